The fraction of sp³-hybridized carbons (Fsp3) is 0.391. The van der Waals surface area contributed by atoms with E-state index in [-0.39, 0.29) is 30.1 Å². The Hall–Kier alpha value is -3.18. The Morgan fingerprint density at radius 3 is 2.32 bits per heavy atom. The summed E-state index contributed by atoms with van der Waals surface area (Å²) in [6, 6.07) is 8.07. The van der Waals surface area contributed by atoms with Crippen molar-refractivity contribution >= 4 is 55.7 Å². The molecule has 0 aliphatic heterocycles. The van der Waals surface area contributed by atoms with Gasteiger partial charge in [-0.05, 0) is 30.9 Å². The van der Waals surface area contributed by atoms with E-state index in [1.54, 1.807) is 0 Å². The van der Waals surface area contributed by atoms with Crippen LogP contribution in [0.2, 0.25) is 0 Å². The predicted molar refractivity (Wildman–Crippen MR) is 133 cm³/mol. The third-order valence-corrected chi connectivity index (χ3v) is 8.12. The summed E-state index contributed by atoms with van der Waals surface area (Å²) in [5.41, 5.74) is 2.10. The van der Waals surface area contributed by atoms with E-state index in [2.05, 4.69) is 31.0 Å². The molecule has 176 valence electrons. The van der Waals surface area contributed by atoms with E-state index in [1.165, 1.54) is 29.6 Å². The smallest absolute Gasteiger partial charge is 0.230 e. The van der Waals surface area contributed by atoms with Crippen LogP contribution in [0.25, 0.3) is 10.9 Å². The number of hydrogen-bond acceptors (Lipinski definition) is 8. The van der Waals surface area contributed by atoms with Gasteiger partial charge in [0.05, 0.1) is 6.42 Å². The number of carbonyl (C=O) groups is 2. The summed E-state index contributed by atoms with van der Waals surface area (Å²) < 4.78 is 2.04. The Bertz CT molecular complexity index is 1340. The first-order valence-corrected chi connectivity index (χ1v) is 12.9. The van der Waals surface area contributed by atoms with Crippen LogP contribution in [0.15, 0.2) is 30.5 Å². The first kappa shape index (κ1) is 22.6. The van der Waals surface area contributed by atoms with Gasteiger partial charge in [-0.1, -0.05) is 47.3 Å². The molecule has 1 aliphatic carbocycles. The van der Waals surface area contributed by atoms with Crippen LogP contribution < -0.4 is 10.6 Å². The van der Waals surface area contributed by atoms with Gasteiger partial charge in [0.25, 0.3) is 0 Å². The SMILES string of the molecule is CC(=O)Nc1nnc([C@@H]2CCC[C@@H](c3nnc(NC(=O)Cc4cn(C)c5ccccc45)s3)C2)s1. The van der Waals surface area contributed by atoms with Gasteiger partial charge in [-0.2, -0.15) is 0 Å². The number of fused-ring (bicyclic) bond motifs is 1. The number of benzene rings is 1. The summed E-state index contributed by atoms with van der Waals surface area (Å²) in [7, 11) is 1.99. The van der Waals surface area contributed by atoms with Crippen molar-refractivity contribution in [2.24, 2.45) is 7.05 Å². The molecule has 2 atom stereocenters. The Kier molecular flexibility index (Phi) is 6.38. The molecular weight excluding hydrogens is 470 g/mol. The van der Waals surface area contributed by atoms with Gasteiger partial charge in [-0.25, -0.2) is 0 Å². The molecule has 1 aromatic carbocycles. The zero-order valence-electron chi connectivity index (χ0n) is 18.9. The van der Waals surface area contributed by atoms with Crippen LogP contribution in [0.3, 0.4) is 0 Å². The lowest BCUT2D eigenvalue weighted by Gasteiger charge is -2.25. The normalized spacial score (nSPS) is 18.2. The Labute approximate surface area is 204 Å². The first-order chi connectivity index (χ1) is 16.5. The number of hydrogen-bond donors (Lipinski definition) is 2. The number of aryl methyl sites for hydroxylation is 1. The van der Waals surface area contributed by atoms with Gasteiger partial charge in [0.2, 0.25) is 22.1 Å². The summed E-state index contributed by atoms with van der Waals surface area (Å²) in [5.74, 6) is 0.313. The van der Waals surface area contributed by atoms with Gasteiger partial charge in [-0.15, -0.1) is 20.4 Å². The van der Waals surface area contributed by atoms with Gasteiger partial charge in [0.1, 0.15) is 10.0 Å². The van der Waals surface area contributed by atoms with Crippen molar-refractivity contribution in [3.63, 3.8) is 0 Å². The van der Waals surface area contributed by atoms with E-state index in [4.69, 9.17) is 0 Å². The van der Waals surface area contributed by atoms with Crippen LogP contribution >= 0.6 is 22.7 Å². The molecule has 4 aromatic rings. The minimum Gasteiger partial charge on any atom is -0.350 e. The highest BCUT2D eigenvalue weighted by Crippen LogP contribution is 2.43. The quantitative estimate of drug-likeness (QED) is 0.408. The number of carbonyl (C=O) groups excluding carboxylic acids is 2. The van der Waals surface area contributed by atoms with Crippen LogP contribution in [-0.2, 0) is 23.1 Å². The summed E-state index contributed by atoms with van der Waals surface area (Å²) in [6.45, 7) is 1.46. The Morgan fingerprint density at radius 2 is 1.65 bits per heavy atom. The molecule has 0 bridgehead atoms. The minimum absolute atomic E-state index is 0.0973. The highest BCUT2D eigenvalue weighted by molar-refractivity contribution is 7.15. The highest BCUT2D eigenvalue weighted by Gasteiger charge is 2.29. The van der Waals surface area contributed by atoms with E-state index < -0.39 is 0 Å². The third-order valence-electron chi connectivity index (χ3n) is 6.11. The van der Waals surface area contributed by atoms with Gasteiger partial charge in [-0.3, -0.25) is 9.59 Å². The maximum atomic E-state index is 12.7. The fourth-order valence-corrected chi connectivity index (χ4v) is 6.44. The second-order valence-electron chi connectivity index (χ2n) is 8.64. The van der Waals surface area contributed by atoms with Crippen molar-refractivity contribution in [3.05, 3.63) is 46.0 Å². The lowest BCUT2D eigenvalue weighted by molar-refractivity contribution is -0.116. The van der Waals surface area contributed by atoms with Crippen LogP contribution in [0, 0.1) is 0 Å². The second-order valence-corrected chi connectivity index (χ2v) is 10.7. The summed E-state index contributed by atoms with van der Waals surface area (Å²) in [4.78, 5) is 24.0. The molecule has 0 spiro atoms. The van der Waals surface area contributed by atoms with Gasteiger partial charge >= 0.3 is 0 Å². The molecule has 1 aliphatic rings. The lowest BCUT2D eigenvalue weighted by atomic mass is 9.82. The largest absolute Gasteiger partial charge is 0.350 e. The minimum atomic E-state index is -0.145. The number of rotatable bonds is 6. The molecule has 2 amide bonds. The maximum absolute atomic E-state index is 12.7. The monoisotopic (exact) mass is 495 g/mol. The van der Waals surface area contributed by atoms with Crippen LogP contribution in [0.5, 0.6) is 0 Å². The zero-order valence-corrected chi connectivity index (χ0v) is 20.6. The van der Waals surface area contributed by atoms with E-state index in [0.29, 0.717) is 10.3 Å². The Morgan fingerprint density at radius 1 is 1.00 bits per heavy atom. The number of para-hydroxylation sites is 1. The standard InChI is InChI=1S/C23H25N7O2S2/c1-13(31)24-22-28-26-20(33-22)14-6-5-7-15(10-14)21-27-29-23(34-21)25-19(32)11-16-12-30(2)18-9-4-3-8-17(16)18/h3-4,8-9,12,14-15H,5-7,10-11H2,1-2H3,(H,24,28,31)(H,25,29,32)/t14-,15-/m1/s1. The summed E-state index contributed by atoms with van der Waals surface area (Å²) in [5, 5.41) is 26.7. The molecule has 0 saturated heterocycles. The topological polar surface area (TPSA) is 115 Å². The maximum Gasteiger partial charge on any atom is 0.230 e. The van der Waals surface area contributed by atoms with Gasteiger partial charge < -0.3 is 15.2 Å². The Balaban J connectivity index is 1.22. The highest BCUT2D eigenvalue weighted by atomic mass is 32.1. The summed E-state index contributed by atoms with van der Waals surface area (Å²) >= 11 is 2.89. The lowest BCUT2D eigenvalue weighted by Crippen LogP contribution is -2.14. The molecule has 11 heteroatoms. The average molecular weight is 496 g/mol. The molecule has 2 N–H and O–H groups in total. The first-order valence-electron chi connectivity index (χ1n) is 11.2. The zero-order chi connectivity index (χ0) is 23.7. The van der Waals surface area contributed by atoms with Gasteiger partial charge in [0.15, 0.2) is 0 Å². The van der Waals surface area contributed by atoms with Crippen LogP contribution in [0.1, 0.15) is 60.0 Å². The molecule has 1 saturated carbocycles. The number of aromatic nitrogens is 5. The van der Waals surface area contributed by atoms with Crippen molar-refractivity contribution < 1.29 is 9.59 Å². The van der Waals surface area contributed by atoms with E-state index in [9.17, 15) is 9.59 Å². The molecule has 0 unspecified atom stereocenters. The van der Waals surface area contributed by atoms with Crippen molar-refractivity contribution in [2.45, 2.75) is 50.9 Å². The third kappa shape index (κ3) is 4.85. The predicted octanol–water partition coefficient (Wildman–Crippen LogP) is 4.46. The fourth-order valence-electron chi connectivity index (χ4n) is 4.59. The number of nitrogens with one attached hydrogen (secondary N) is 2. The van der Waals surface area contributed by atoms with Crippen molar-refractivity contribution in [1.29, 1.82) is 0 Å². The van der Waals surface area contributed by atoms with E-state index >= 15 is 0 Å². The van der Waals surface area contributed by atoms with E-state index in [0.717, 1.165) is 52.2 Å². The molecule has 1 fully saturated rings. The van der Waals surface area contributed by atoms with Crippen molar-refractivity contribution in [2.75, 3.05) is 10.6 Å². The second kappa shape index (κ2) is 9.59. The molecule has 3 aromatic heterocycles. The average Bonchev–Trinajstić information content (AvgIpc) is 3.54. The molecule has 9 nitrogen and oxygen atoms in total. The molecule has 5 rings (SSSR count). The summed E-state index contributed by atoms with van der Waals surface area (Å²) in [6.07, 6.45) is 6.34. The molecule has 3 heterocycles. The molecular formula is C23H25N7O2S2. The number of anilines is 2. The van der Waals surface area contributed by atoms with Crippen LogP contribution in [0.4, 0.5) is 10.3 Å². The number of amides is 2. The van der Waals surface area contributed by atoms with Gasteiger partial charge in [0, 0.05) is 42.9 Å². The molecule has 0 radical (unpaired) electrons. The van der Waals surface area contributed by atoms with Crippen molar-refractivity contribution in [1.82, 2.24) is 25.0 Å². The molecule has 34 heavy (non-hydrogen) atoms. The van der Waals surface area contributed by atoms with Crippen LogP contribution in [-0.4, -0.2) is 36.8 Å². The van der Waals surface area contributed by atoms with Crippen molar-refractivity contribution in [3.8, 4) is 0 Å². The van der Waals surface area contributed by atoms with E-state index in [1.807, 2.05) is 42.1 Å². The number of nitrogens with zero attached hydrogens (tertiary/aromatic N) is 5.